The maximum Gasteiger partial charge on any atom is 0.314 e. The highest BCUT2D eigenvalue weighted by Crippen LogP contribution is 2.45. The molecule has 0 spiro atoms. The fraction of sp³-hybridized carbons (Fsp3) is 0.545. The molecule has 2 aromatic rings. The number of nitrogens with zero attached hydrogens (tertiary/aromatic N) is 2. The number of aryl methyl sites for hydroxylation is 2. The summed E-state index contributed by atoms with van der Waals surface area (Å²) in [6.07, 6.45) is 3.38. The van der Waals surface area contributed by atoms with Crippen molar-refractivity contribution in [2.45, 2.75) is 52.1 Å². The van der Waals surface area contributed by atoms with Crippen LogP contribution < -0.4 is 4.90 Å². The van der Waals surface area contributed by atoms with Crippen molar-refractivity contribution in [1.82, 2.24) is 4.98 Å². The van der Waals surface area contributed by atoms with Gasteiger partial charge in [-0.15, -0.1) is 0 Å². The smallest absolute Gasteiger partial charge is 0.314 e. The van der Waals surface area contributed by atoms with Crippen molar-refractivity contribution in [2.24, 2.45) is 11.3 Å². The van der Waals surface area contributed by atoms with E-state index in [9.17, 15) is 15.0 Å². The van der Waals surface area contributed by atoms with Gasteiger partial charge < -0.3 is 15.1 Å². The van der Waals surface area contributed by atoms with E-state index in [1.807, 2.05) is 0 Å². The summed E-state index contributed by atoms with van der Waals surface area (Å²) in [5.74, 6) is 0.378. The Balaban J connectivity index is 1.69. The molecule has 2 atom stereocenters. The molecule has 4 rings (SSSR count). The van der Waals surface area contributed by atoms with E-state index in [-0.39, 0.29) is 0 Å². The van der Waals surface area contributed by atoms with E-state index in [0.717, 1.165) is 41.5 Å². The number of anilines is 1. The van der Waals surface area contributed by atoms with Gasteiger partial charge in [-0.25, -0.2) is 4.98 Å². The van der Waals surface area contributed by atoms with Crippen LogP contribution in [-0.4, -0.2) is 40.4 Å². The molecule has 144 valence electrons. The number of fused-ring (bicyclic) bond motifs is 1. The molecule has 2 N–H and O–H groups in total. The number of aliphatic carboxylic acids is 1. The number of piperidine rings is 1. The maximum atomic E-state index is 12.2. The summed E-state index contributed by atoms with van der Waals surface area (Å²) in [7, 11) is 0. The first-order valence-electron chi connectivity index (χ1n) is 9.99. The molecule has 0 amide bonds. The molecular weight excluding hydrogens is 340 g/mol. The Labute approximate surface area is 160 Å². The summed E-state index contributed by atoms with van der Waals surface area (Å²) in [5, 5.41) is 21.7. The molecule has 1 aliphatic carbocycles. The Morgan fingerprint density at radius 1 is 1.30 bits per heavy atom. The third-order valence-electron chi connectivity index (χ3n) is 6.36. The first kappa shape index (κ1) is 18.2. The van der Waals surface area contributed by atoms with Crippen LogP contribution in [-0.2, 0) is 11.2 Å². The molecule has 1 unspecified atom stereocenters. The molecule has 1 saturated heterocycles. The number of aliphatic hydroxyl groups is 1. The van der Waals surface area contributed by atoms with E-state index in [2.05, 4.69) is 43.0 Å². The van der Waals surface area contributed by atoms with E-state index >= 15 is 0 Å². The van der Waals surface area contributed by atoms with Crippen LogP contribution in [0.2, 0.25) is 0 Å². The number of hydrogen-bond donors (Lipinski definition) is 2. The van der Waals surface area contributed by atoms with E-state index < -0.39 is 17.5 Å². The fourth-order valence-corrected chi connectivity index (χ4v) is 4.42. The Hall–Kier alpha value is -2.14. The van der Waals surface area contributed by atoms with Crippen molar-refractivity contribution in [3.63, 3.8) is 0 Å². The second-order valence-corrected chi connectivity index (χ2v) is 8.34. The summed E-state index contributed by atoms with van der Waals surface area (Å²) < 4.78 is 0. The second kappa shape index (κ2) is 6.79. The van der Waals surface area contributed by atoms with E-state index in [0.29, 0.717) is 31.8 Å². The van der Waals surface area contributed by atoms with Crippen molar-refractivity contribution >= 4 is 22.7 Å². The zero-order valence-corrected chi connectivity index (χ0v) is 16.1. The van der Waals surface area contributed by atoms with Gasteiger partial charge in [0.25, 0.3) is 0 Å². The molecule has 0 bridgehead atoms. The van der Waals surface area contributed by atoms with Crippen LogP contribution in [0.1, 0.15) is 43.7 Å². The van der Waals surface area contributed by atoms with Crippen LogP contribution in [0.5, 0.6) is 0 Å². The highest BCUT2D eigenvalue weighted by Gasteiger charge is 2.52. The molecule has 2 aliphatic rings. The zero-order chi connectivity index (χ0) is 19.2. The highest BCUT2D eigenvalue weighted by atomic mass is 16.4. The second-order valence-electron chi connectivity index (χ2n) is 8.34. The molecular formula is C22H28N2O3. The summed E-state index contributed by atoms with van der Waals surface area (Å²) in [5.41, 5.74) is 2.29. The number of aromatic nitrogens is 1. The van der Waals surface area contributed by atoms with Crippen LogP contribution in [0, 0.1) is 18.3 Å². The molecule has 2 fully saturated rings. The minimum absolute atomic E-state index is 0.324. The van der Waals surface area contributed by atoms with Gasteiger partial charge >= 0.3 is 5.97 Å². The predicted octanol–water partition coefficient (Wildman–Crippen LogP) is 3.55. The molecule has 5 nitrogen and oxygen atoms in total. The van der Waals surface area contributed by atoms with Crippen LogP contribution in [0.3, 0.4) is 0 Å². The van der Waals surface area contributed by atoms with Gasteiger partial charge in [-0.2, -0.15) is 0 Å². The predicted molar refractivity (Wildman–Crippen MR) is 106 cm³/mol. The number of aliphatic hydroxyl groups excluding tert-OH is 1. The molecule has 1 aromatic heterocycles. The monoisotopic (exact) mass is 368 g/mol. The lowest BCUT2D eigenvalue weighted by atomic mass is 9.73. The topological polar surface area (TPSA) is 73.7 Å². The number of carboxylic acid groups (broad SMARTS) is 1. The summed E-state index contributed by atoms with van der Waals surface area (Å²) in [6.45, 7) is 5.18. The fourth-order valence-electron chi connectivity index (χ4n) is 4.42. The van der Waals surface area contributed by atoms with Crippen molar-refractivity contribution in [2.75, 3.05) is 18.0 Å². The van der Waals surface area contributed by atoms with Crippen LogP contribution in [0.15, 0.2) is 24.3 Å². The normalized spacial score (nSPS) is 25.7. The molecule has 2 heterocycles. The first-order chi connectivity index (χ1) is 12.9. The van der Waals surface area contributed by atoms with Crippen LogP contribution >= 0.6 is 0 Å². The van der Waals surface area contributed by atoms with Crippen LogP contribution in [0.25, 0.3) is 10.9 Å². The number of carbonyl (C=O) groups is 1. The van der Waals surface area contributed by atoms with Gasteiger partial charge in [-0.1, -0.05) is 25.8 Å². The average Bonchev–Trinajstić information content (AvgIpc) is 3.47. The lowest BCUT2D eigenvalue weighted by Gasteiger charge is -2.44. The third-order valence-corrected chi connectivity index (χ3v) is 6.36. The van der Waals surface area contributed by atoms with Crippen molar-refractivity contribution in [1.29, 1.82) is 0 Å². The Bertz CT molecular complexity index is 877. The van der Waals surface area contributed by atoms with Gasteiger partial charge in [0.2, 0.25) is 0 Å². The quantitative estimate of drug-likeness (QED) is 0.844. The number of pyridine rings is 1. The average molecular weight is 368 g/mol. The van der Waals surface area contributed by atoms with Crippen molar-refractivity contribution < 1.29 is 15.0 Å². The summed E-state index contributed by atoms with van der Waals surface area (Å²) in [6, 6.07) is 8.41. The van der Waals surface area contributed by atoms with Crippen molar-refractivity contribution in [3.05, 3.63) is 35.4 Å². The van der Waals surface area contributed by atoms with Crippen LogP contribution in [0.4, 0.5) is 5.82 Å². The van der Waals surface area contributed by atoms with Gasteiger partial charge in [0.1, 0.15) is 11.2 Å². The maximum absolute atomic E-state index is 12.2. The van der Waals surface area contributed by atoms with Crippen molar-refractivity contribution in [3.8, 4) is 0 Å². The highest BCUT2D eigenvalue weighted by molar-refractivity contribution is 5.85. The summed E-state index contributed by atoms with van der Waals surface area (Å²) in [4.78, 5) is 19.1. The molecule has 27 heavy (non-hydrogen) atoms. The lowest BCUT2D eigenvalue weighted by Crippen LogP contribution is -2.56. The standard InChI is InChI=1S/C22H28N2O3/c1-3-15-6-7-18-17(11-15)14(2)10-20(23-18)24-9-8-19(25)22(13-24,21(26)27)12-16-4-5-16/h6-7,10-11,16,19,25H,3-5,8-9,12-13H2,1-2H3,(H,26,27)/t19?,22-/m0/s1. The number of rotatable bonds is 5. The number of benzene rings is 1. The third kappa shape index (κ3) is 3.29. The van der Waals surface area contributed by atoms with Gasteiger partial charge in [-0.05, 0) is 61.4 Å². The van der Waals surface area contributed by atoms with E-state index in [1.165, 1.54) is 5.56 Å². The zero-order valence-electron chi connectivity index (χ0n) is 16.1. The van der Waals surface area contributed by atoms with Gasteiger partial charge in [0.15, 0.2) is 0 Å². The minimum atomic E-state index is -1.09. The minimum Gasteiger partial charge on any atom is -0.481 e. The van der Waals surface area contributed by atoms with E-state index in [4.69, 9.17) is 4.98 Å². The van der Waals surface area contributed by atoms with Gasteiger partial charge in [-0.3, -0.25) is 4.79 Å². The molecule has 0 radical (unpaired) electrons. The molecule has 1 aromatic carbocycles. The first-order valence-corrected chi connectivity index (χ1v) is 9.99. The molecule has 5 heteroatoms. The Morgan fingerprint density at radius 3 is 2.74 bits per heavy atom. The van der Waals surface area contributed by atoms with Gasteiger partial charge in [0.05, 0.1) is 11.6 Å². The van der Waals surface area contributed by atoms with E-state index in [1.54, 1.807) is 0 Å². The SMILES string of the molecule is CCc1ccc2nc(N3CCC(O)[C@@](CC4CC4)(C(=O)O)C3)cc(C)c2c1. The molecule has 1 saturated carbocycles. The number of hydrogen-bond acceptors (Lipinski definition) is 4. The Morgan fingerprint density at radius 2 is 2.07 bits per heavy atom. The summed E-state index contributed by atoms with van der Waals surface area (Å²) >= 11 is 0. The number of carboxylic acids is 1. The largest absolute Gasteiger partial charge is 0.481 e. The van der Waals surface area contributed by atoms with Gasteiger partial charge in [0, 0.05) is 18.5 Å². The Kier molecular flexibility index (Phi) is 4.58. The lowest BCUT2D eigenvalue weighted by molar-refractivity contribution is -0.158. The molecule has 1 aliphatic heterocycles.